The lowest BCUT2D eigenvalue weighted by atomic mass is 10.2. The van der Waals surface area contributed by atoms with E-state index in [9.17, 15) is 9.18 Å². The summed E-state index contributed by atoms with van der Waals surface area (Å²) in [5.41, 5.74) is 2.36. The van der Waals surface area contributed by atoms with Crippen LogP contribution in [-0.2, 0) is 16.1 Å². The maximum atomic E-state index is 13.4. The lowest BCUT2D eigenvalue weighted by Gasteiger charge is -2.14. The predicted octanol–water partition coefficient (Wildman–Crippen LogP) is 4.96. The molecule has 6 nitrogen and oxygen atoms in total. The van der Waals surface area contributed by atoms with Crippen LogP contribution in [0, 0.1) is 12.7 Å². The van der Waals surface area contributed by atoms with E-state index >= 15 is 0 Å². The lowest BCUT2D eigenvalue weighted by molar-refractivity contribution is -0.113. The van der Waals surface area contributed by atoms with Gasteiger partial charge in [0, 0.05) is 22.9 Å². The van der Waals surface area contributed by atoms with Crippen molar-refractivity contribution in [2.24, 2.45) is 0 Å². The van der Waals surface area contributed by atoms with Crippen molar-refractivity contribution in [1.29, 1.82) is 0 Å². The van der Waals surface area contributed by atoms with Crippen LogP contribution in [0.3, 0.4) is 0 Å². The van der Waals surface area contributed by atoms with Gasteiger partial charge in [-0.2, -0.15) is 0 Å². The number of amides is 1. The van der Waals surface area contributed by atoms with Gasteiger partial charge in [0.1, 0.15) is 5.82 Å². The van der Waals surface area contributed by atoms with Crippen LogP contribution in [0.4, 0.5) is 10.1 Å². The first-order valence-electron chi connectivity index (χ1n) is 9.99. The summed E-state index contributed by atoms with van der Waals surface area (Å²) in [7, 11) is 0. The zero-order valence-electron chi connectivity index (χ0n) is 17.0. The second-order valence-corrected chi connectivity index (χ2v) is 8.71. The van der Waals surface area contributed by atoms with Crippen molar-refractivity contribution in [2.45, 2.75) is 37.6 Å². The first-order chi connectivity index (χ1) is 15.0. The molecule has 162 valence electrons. The summed E-state index contributed by atoms with van der Waals surface area (Å²) in [6.07, 6.45) is 2.04. The molecule has 2 aromatic carbocycles. The Bertz CT molecular complexity index is 1070. The number of ether oxygens (including phenoxy) is 1. The third kappa shape index (κ3) is 5.44. The van der Waals surface area contributed by atoms with Crippen LogP contribution in [0.15, 0.2) is 47.6 Å². The number of carbonyl (C=O) groups excluding carboxylic acids is 1. The molecule has 1 atom stereocenters. The minimum absolute atomic E-state index is 0.0677. The van der Waals surface area contributed by atoms with Crippen LogP contribution in [0.2, 0.25) is 5.02 Å². The third-order valence-corrected chi connectivity index (χ3v) is 6.39. The Hall–Kier alpha value is -2.42. The zero-order valence-corrected chi connectivity index (χ0v) is 18.5. The van der Waals surface area contributed by atoms with Gasteiger partial charge in [-0.1, -0.05) is 29.4 Å². The maximum absolute atomic E-state index is 13.4. The highest BCUT2D eigenvalue weighted by atomic mass is 35.5. The lowest BCUT2D eigenvalue weighted by Crippen LogP contribution is -2.18. The van der Waals surface area contributed by atoms with Crippen LogP contribution in [0.1, 0.15) is 18.4 Å². The molecule has 1 aromatic heterocycles. The van der Waals surface area contributed by atoms with Crippen LogP contribution < -0.4 is 5.32 Å². The molecule has 0 radical (unpaired) electrons. The van der Waals surface area contributed by atoms with Gasteiger partial charge < -0.3 is 10.1 Å². The summed E-state index contributed by atoms with van der Waals surface area (Å²) in [4.78, 5) is 12.5. The molecule has 0 bridgehead atoms. The van der Waals surface area contributed by atoms with Crippen molar-refractivity contribution in [1.82, 2.24) is 14.8 Å². The normalized spacial score (nSPS) is 15.9. The molecule has 0 spiro atoms. The van der Waals surface area contributed by atoms with Crippen molar-refractivity contribution in [3.8, 4) is 11.4 Å². The zero-order chi connectivity index (χ0) is 21.8. The molecule has 0 saturated carbocycles. The summed E-state index contributed by atoms with van der Waals surface area (Å²) < 4.78 is 21.1. The fraction of sp³-hybridized carbons (Fsp3) is 0.318. The second-order valence-electron chi connectivity index (χ2n) is 7.36. The number of hydrogen-bond acceptors (Lipinski definition) is 5. The van der Waals surface area contributed by atoms with E-state index in [1.54, 1.807) is 18.2 Å². The van der Waals surface area contributed by atoms with Gasteiger partial charge in [0.05, 0.1) is 18.4 Å². The first kappa shape index (κ1) is 21.8. The minimum Gasteiger partial charge on any atom is -0.376 e. The first-order valence-corrected chi connectivity index (χ1v) is 11.4. The van der Waals surface area contributed by atoms with Crippen molar-refractivity contribution in [3.63, 3.8) is 0 Å². The minimum atomic E-state index is -0.309. The second kappa shape index (κ2) is 9.80. The van der Waals surface area contributed by atoms with Gasteiger partial charge in [-0.25, -0.2) is 4.39 Å². The molecular formula is C22H22ClFN4O2S. The summed E-state index contributed by atoms with van der Waals surface area (Å²) in [6.45, 7) is 3.23. The number of hydrogen-bond donors (Lipinski definition) is 1. The number of carbonyl (C=O) groups is 1. The molecule has 1 fully saturated rings. The highest BCUT2D eigenvalue weighted by molar-refractivity contribution is 7.99. The molecule has 2 heterocycles. The van der Waals surface area contributed by atoms with E-state index in [0.717, 1.165) is 30.6 Å². The number of aryl methyl sites for hydroxylation is 1. The number of anilines is 1. The van der Waals surface area contributed by atoms with Gasteiger partial charge in [-0.05, 0) is 61.7 Å². The molecule has 31 heavy (non-hydrogen) atoms. The summed E-state index contributed by atoms with van der Waals surface area (Å²) in [5.74, 6) is 0.318. The number of thioether (sulfide) groups is 1. The fourth-order valence-corrected chi connectivity index (χ4v) is 4.29. The predicted molar refractivity (Wildman–Crippen MR) is 120 cm³/mol. The number of nitrogens with zero attached hydrogens (tertiary/aromatic N) is 3. The third-order valence-electron chi connectivity index (χ3n) is 5.02. The Labute approximate surface area is 189 Å². The maximum Gasteiger partial charge on any atom is 0.234 e. The number of rotatable bonds is 7. The largest absolute Gasteiger partial charge is 0.376 e. The molecule has 3 aromatic rings. The number of halogens is 2. The molecule has 4 rings (SSSR count). The molecule has 1 aliphatic heterocycles. The van der Waals surface area contributed by atoms with Gasteiger partial charge in [0.25, 0.3) is 0 Å². The van der Waals surface area contributed by atoms with E-state index in [1.807, 2.05) is 23.6 Å². The van der Waals surface area contributed by atoms with E-state index in [0.29, 0.717) is 28.2 Å². The quantitative estimate of drug-likeness (QED) is 0.505. The van der Waals surface area contributed by atoms with Crippen LogP contribution in [0.5, 0.6) is 0 Å². The molecule has 0 aliphatic carbocycles. The Kier molecular flexibility index (Phi) is 6.89. The molecule has 1 saturated heterocycles. The highest BCUT2D eigenvalue weighted by Gasteiger charge is 2.22. The van der Waals surface area contributed by atoms with Gasteiger partial charge in [0.2, 0.25) is 5.91 Å². The number of benzene rings is 2. The van der Waals surface area contributed by atoms with Gasteiger partial charge in [-0.15, -0.1) is 10.2 Å². The van der Waals surface area contributed by atoms with Crippen molar-refractivity contribution in [3.05, 3.63) is 58.9 Å². The number of nitrogens with one attached hydrogen (secondary N) is 1. The Balaban J connectivity index is 1.49. The molecule has 1 aliphatic rings. The van der Waals surface area contributed by atoms with Crippen molar-refractivity contribution < 1.29 is 13.9 Å². The number of aromatic nitrogens is 3. The Morgan fingerprint density at radius 3 is 2.81 bits per heavy atom. The average Bonchev–Trinajstić information content (AvgIpc) is 3.40. The van der Waals surface area contributed by atoms with E-state index in [4.69, 9.17) is 16.3 Å². The Morgan fingerprint density at radius 1 is 1.29 bits per heavy atom. The van der Waals surface area contributed by atoms with Crippen LogP contribution in [-0.4, -0.2) is 39.1 Å². The summed E-state index contributed by atoms with van der Waals surface area (Å²) in [5, 5.41) is 12.7. The Morgan fingerprint density at radius 2 is 2.10 bits per heavy atom. The summed E-state index contributed by atoms with van der Waals surface area (Å²) >= 11 is 7.43. The van der Waals surface area contributed by atoms with Gasteiger partial charge >= 0.3 is 0 Å². The van der Waals surface area contributed by atoms with Crippen LogP contribution >= 0.6 is 23.4 Å². The summed E-state index contributed by atoms with van der Waals surface area (Å²) in [6, 6.07) is 11.5. The molecule has 1 amide bonds. The standard InChI is InChI=1S/C22H22ClFN4O2S/c1-14-4-9-17(11-19(14)23)25-20(29)13-31-22-27-26-21(15-5-7-16(24)8-6-15)28(22)12-18-3-2-10-30-18/h4-9,11,18H,2-3,10,12-13H2,1H3,(H,25,29). The molecule has 1 unspecified atom stereocenters. The van der Waals surface area contributed by atoms with Gasteiger partial charge in [-0.3, -0.25) is 9.36 Å². The SMILES string of the molecule is Cc1ccc(NC(=O)CSc2nnc(-c3ccc(F)cc3)n2CC2CCCO2)cc1Cl. The molecule has 1 N–H and O–H groups in total. The smallest absolute Gasteiger partial charge is 0.234 e. The van der Waals surface area contributed by atoms with Crippen molar-refractivity contribution in [2.75, 3.05) is 17.7 Å². The van der Waals surface area contributed by atoms with Crippen LogP contribution in [0.25, 0.3) is 11.4 Å². The van der Waals surface area contributed by atoms with Crippen molar-refractivity contribution >= 4 is 35.0 Å². The average molecular weight is 461 g/mol. The fourth-order valence-electron chi connectivity index (χ4n) is 3.36. The van der Waals surface area contributed by atoms with E-state index < -0.39 is 0 Å². The van der Waals surface area contributed by atoms with Gasteiger partial charge in [0.15, 0.2) is 11.0 Å². The molecule has 9 heteroatoms. The van der Waals surface area contributed by atoms with E-state index in [2.05, 4.69) is 15.5 Å². The monoisotopic (exact) mass is 460 g/mol. The highest BCUT2D eigenvalue weighted by Crippen LogP contribution is 2.27. The molecular weight excluding hydrogens is 439 g/mol. The van der Waals surface area contributed by atoms with E-state index in [1.165, 1.54) is 23.9 Å². The van der Waals surface area contributed by atoms with E-state index in [-0.39, 0.29) is 23.6 Å². The topological polar surface area (TPSA) is 69.0 Å².